The van der Waals surface area contributed by atoms with Crippen molar-refractivity contribution in [3.05, 3.63) is 76.1 Å². The van der Waals surface area contributed by atoms with Crippen LogP contribution in [0.25, 0.3) is 22.6 Å². The standard InChI is InChI=1S/C26H29ClN6O/c1-16-24(23-17(2)33-34-18(23)3)31-26(32-25(16)30-21-8-6-5-7-9-21)19-10-11-22(27)20(14-19)15-29-13-12-28-4/h5-11,14,28-29H,12-13,15H2,1-4H3,(H,30,31,32). The summed E-state index contributed by atoms with van der Waals surface area (Å²) < 4.78 is 5.45. The largest absolute Gasteiger partial charge is 0.361 e. The zero-order valence-electron chi connectivity index (χ0n) is 19.9. The number of aryl methyl sites for hydroxylation is 2. The van der Waals surface area contributed by atoms with Crippen LogP contribution in [0.5, 0.6) is 0 Å². The number of nitrogens with zero attached hydrogens (tertiary/aromatic N) is 3. The lowest BCUT2D eigenvalue weighted by atomic mass is 10.0. The first kappa shape index (κ1) is 23.9. The molecular weight excluding hydrogens is 448 g/mol. The van der Waals surface area contributed by atoms with E-state index < -0.39 is 0 Å². The molecule has 4 aromatic rings. The third-order valence-corrected chi connectivity index (χ3v) is 5.99. The molecule has 2 heterocycles. The first-order valence-corrected chi connectivity index (χ1v) is 11.6. The molecule has 0 aliphatic heterocycles. The van der Waals surface area contributed by atoms with Crippen LogP contribution in [0.2, 0.25) is 5.02 Å². The second-order valence-electron chi connectivity index (χ2n) is 8.15. The van der Waals surface area contributed by atoms with E-state index in [1.807, 2.05) is 76.3 Å². The van der Waals surface area contributed by atoms with E-state index in [1.54, 1.807) is 0 Å². The molecule has 0 aliphatic rings. The molecule has 4 rings (SSSR count). The van der Waals surface area contributed by atoms with Crippen LogP contribution in [0.1, 0.15) is 22.6 Å². The van der Waals surface area contributed by atoms with E-state index in [2.05, 4.69) is 21.1 Å². The van der Waals surface area contributed by atoms with Crippen molar-refractivity contribution in [2.75, 3.05) is 25.5 Å². The van der Waals surface area contributed by atoms with Crippen LogP contribution in [-0.4, -0.2) is 35.3 Å². The Bertz CT molecular complexity index is 1250. The lowest BCUT2D eigenvalue weighted by Gasteiger charge is -2.15. The smallest absolute Gasteiger partial charge is 0.162 e. The molecule has 3 N–H and O–H groups in total. The molecule has 2 aromatic heterocycles. The summed E-state index contributed by atoms with van der Waals surface area (Å²) in [4.78, 5) is 9.87. The number of rotatable bonds is 9. The Morgan fingerprint density at radius 2 is 1.76 bits per heavy atom. The van der Waals surface area contributed by atoms with Crippen molar-refractivity contribution in [3.63, 3.8) is 0 Å². The van der Waals surface area contributed by atoms with Crippen LogP contribution in [0.3, 0.4) is 0 Å². The minimum absolute atomic E-state index is 0.604. The number of hydrogen-bond acceptors (Lipinski definition) is 7. The monoisotopic (exact) mass is 476 g/mol. The van der Waals surface area contributed by atoms with Gasteiger partial charge in [0.25, 0.3) is 0 Å². The van der Waals surface area contributed by atoms with Gasteiger partial charge in [-0.15, -0.1) is 0 Å². The summed E-state index contributed by atoms with van der Waals surface area (Å²) >= 11 is 6.48. The zero-order chi connectivity index (χ0) is 24.1. The van der Waals surface area contributed by atoms with Crippen molar-refractivity contribution in [2.45, 2.75) is 27.3 Å². The van der Waals surface area contributed by atoms with Crippen LogP contribution in [0, 0.1) is 20.8 Å². The van der Waals surface area contributed by atoms with E-state index in [0.717, 1.165) is 64.0 Å². The van der Waals surface area contributed by atoms with Gasteiger partial charge in [0, 0.05) is 41.5 Å². The fourth-order valence-electron chi connectivity index (χ4n) is 3.78. The second kappa shape index (κ2) is 10.8. The summed E-state index contributed by atoms with van der Waals surface area (Å²) in [6.45, 7) is 8.22. The number of hydrogen-bond donors (Lipinski definition) is 3. The maximum atomic E-state index is 6.48. The quantitative estimate of drug-likeness (QED) is 0.277. The van der Waals surface area contributed by atoms with E-state index in [0.29, 0.717) is 17.4 Å². The van der Waals surface area contributed by atoms with Gasteiger partial charge >= 0.3 is 0 Å². The van der Waals surface area contributed by atoms with E-state index in [4.69, 9.17) is 26.1 Å². The van der Waals surface area contributed by atoms with Gasteiger partial charge < -0.3 is 20.5 Å². The maximum absolute atomic E-state index is 6.48. The molecule has 0 saturated heterocycles. The number of para-hydroxylation sites is 1. The summed E-state index contributed by atoms with van der Waals surface area (Å²) in [7, 11) is 1.93. The van der Waals surface area contributed by atoms with Gasteiger partial charge in [-0.3, -0.25) is 0 Å². The number of benzene rings is 2. The van der Waals surface area contributed by atoms with E-state index in [-0.39, 0.29) is 0 Å². The molecule has 7 nitrogen and oxygen atoms in total. The summed E-state index contributed by atoms with van der Waals surface area (Å²) in [5.74, 6) is 2.06. The summed E-state index contributed by atoms with van der Waals surface area (Å²) in [5, 5.41) is 14.8. The Morgan fingerprint density at radius 3 is 2.47 bits per heavy atom. The number of anilines is 2. The first-order chi connectivity index (χ1) is 16.5. The summed E-state index contributed by atoms with van der Waals surface area (Å²) in [5.41, 5.74) is 6.23. The van der Waals surface area contributed by atoms with Crippen molar-refractivity contribution in [1.82, 2.24) is 25.8 Å². The van der Waals surface area contributed by atoms with Gasteiger partial charge in [0.05, 0.1) is 17.0 Å². The van der Waals surface area contributed by atoms with Gasteiger partial charge in [-0.2, -0.15) is 0 Å². The molecule has 2 aromatic carbocycles. The Morgan fingerprint density at radius 1 is 0.971 bits per heavy atom. The fourth-order valence-corrected chi connectivity index (χ4v) is 3.96. The Hall–Kier alpha value is -3.26. The molecule has 0 saturated carbocycles. The van der Waals surface area contributed by atoms with Gasteiger partial charge in [-0.25, -0.2) is 9.97 Å². The van der Waals surface area contributed by atoms with Gasteiger partial charge in [0.1, 0.15) is 11.6 Å². The highest BCUT2D eigenvalue weighted by Crippen LogP contribution is 2.34. The summed E-state index contributed by atoms with van der Waals surface area (Å²) in [6.07, 6.45) is 0. The molecule has 0 spiro atoms. The van der Waals surface area contributed by atoms with Crippen LogP contribution in [0.15, 0.2) is 53.1 Å². The average molecular weight is 477 g/mol. The average Bonchev–Trinajstić information content (AvgIpc) is 3.17. The molecular formula is C26H29ClN6O. The van der Waals surface area contributed by atoms with Crippen LogP contribution >= 0.6 is 11.6 Å². The topological polar surface area (TPSA) is 87.9 Å². The highest BCUT2D eigenvalue weighted by Gasteiger charge is 2.20. The lowest BCUT2D eigenvalue weighted by Crippen LogP contribution is -2.24. The summed E-state index contributed by atoms with van der Waals surface area (Å²) in [6, 6.07) is 15.9. The molecule has 0 unspecified atom stereocenters. The molecule has 0 bridgehead atoms. The molecule has 0 atom stereocenters. The Labute approximate surface area is 205 Å². The number of likely N-dealkylation sites (N-methyl/N-ethyl adjacent to an activating group) is 1. The van der Waals surface area contributed by atoms with Crippen LogP contribution in [-0.2, 0) is 6.54 Å². The molecule has 0 aliphatic carbocycles. The van der Waals surface area contributed by atoms with E-state index in [9.17, 15) is 0 Å². The predicted octanol–water partition coefficient (Wildman–Crippen LogP) is 5.43. The van der Waals surface area contributed by atoms with E-state index in [1.165, 1.54) is 0 Å². The third-order valence-electron chi connectivity index (χ3n) is 5.62. The van der Waals surface area contributed by atoms with Crippen LogP contribution in [0.4, 0.5) is 11.5 Å². The number of halogens is 1. The fraction of sp³-hybridized carbons (Fsp3) is 0.269. The Balaban J connectivity index is 1.79. The van der Waals surface area contributed by atoms with Crippen molar-refractivity contribution < 1.29 is 4.52 Å². The minimum Gasteiger partial charge on any atom is -0.361 e. The minimum atomic E-state index is 0.604. The zero-order valence-corrected chi connectivity index (χ0v) is 20.6. The van der Waals surface area contributed by atoms with Crippen molar-refractivity contribution in [3.8, 4) is 22.6 Å². The Kier molecular flexibility index (Phi) is 7.57. The molecule has 0 amide bonds. The van der Waals surface area contributed by atoms with Gasteiger partial charge in [0.15, 0.2) is 5.82 Å². The van der Waals surface area contributed by atoms with Gasteiger partial charge in [-0.05, 0) is 63.7 Å². The molecule has 176 valence electrons. The van der Waals surface area contributed by atoms with E-state index >= 15 is 0 Å². The van der Waals surface area contributed by atoms with Gasteiger partial charge in [-0.1, -0.05) is 35.0 Å². The lowest BCUT2D eigenvalue weighted by molar-refractivity contribution is 0.393. The molecule has 8 heteroatoms. The number of aromatic nitrogens is 3. The maximum Gasteiger partial charge on any atom is 0.162 e. The van der Waals surface area contributed by atoms with Crippen LogP contribution < -0.4 is 16.0 Å². The SMILES string of the molecule is CNCCNCc1cc(-c2nc(Nc3ccccc3)c(C)c(-c3c(C)noc3C)n2)ccc1Cl. The normalized spacial score (nSPS) is 11.1. The van der Waals surface area contributed by atoms with Crippen molar-refractivity contribution in [1.29, 1.82) is 0 Å². The third kappa shape index (κ3) is 5.28. The molecule has 0 radical (unpaired) electrons. The second-order valence-corrected chi connectivity index (χ2v) is 8.55. The molecule has 34 heavy (non-hydrogen) atoms. The van der Waals surface area contributed by atoms with Gasteiger partial charge in [0.2, 0.25) is 0 Å². The highest BCUT2D eigenvalue weighted by molar-refractivity contribution is 6.31. The first-order valence-electron chi connectivity index (χ1n) is 11.3. The van der Waals surface area contributed by atoms with Crippen molar-refractivity contribution >= 4 is 23.1 Å². The predicted molar refractivity (Wildman–Crippen MR) is 138 cm³/mol. The molecule has 0 fully saturated rings. The number of nitrogens with one attached hydrogen (secondary N) is 3. The van der Waals surface area contributed by atoms with Crippen molar-refractivity contribution in [2.24, 2.45) is 0 Å². The highest BCUT2D eigenvalue weighted by atomic mass is 35.5.